The summed E-state index contributed by atoms with van der Waals surface area (Å²) in [5.74, 6) is 1.22. The van der Waals surface area contributed by atoms with Crippen LogP contribution in [0.25, 0.3) is 11.3 Å². The third-order valence-corrected chi connectivity index (χ3v) is 3.52. The van der Waals surface area contributed by atoms with E-state index in [1.165, 1.54) is 0 Å². The maximum Gasteiger partial charge on any atom is 0.131 e. The van der Waals surface area contributed by atoms with Gasteiger partial charge >= 0.3 is 0 Å². The molecule has 0 radical (unpaired) electrons. The lowest BCUT2D eigenvalue weighted by Crippen LogP contribution is -2.06. The van der Waals surface area contributed by atoms with Gasteiger partial charge in [-0.05, 0) is 18.1 Å². The van der Waals surface area contributed by atoms with Crippen LogP contribution in [0.4, 0.5) is 5.82 Å². The molecule has 2 rings (SSSR count). The zero-order valence-electron chi connectivity index (χ0n) is 10.3. The number of hydrogen-bond acceptors (Lipinski definition) is 2. The standard InChI is InChI=1S/C13H15BrClN3/c1-8(2)6-18-7-17-12(13(18)16)10-4-3-9(15)5-11(10)14/h3-5,7-8H,6,16H2,1-2H3. The van der Waals surface area contributed by atoms with Gasteiger partial charge in [0.2, 0.25) is 0 Å². The van der Waals surface area contributed by atoms with E-state index in [9.17, 15) is 0 Å². The molecule has 0 aliphatic carbocycles. The molecule has 0 aliphatic heterocycles. The van der Waals surface area contributed by atoms with E-state index < -0.39 is 0 Å². The van der Waals surface area contributed by atoms with Crippen LogP contribution in [0.1, 0.15) is 13.8 Å². The average Bonchev–Trinajstić information content (AvgIpc) is 2.60. The molecule has 1 heterocycles. The first kappa shape index (κ1) is 13.4. The van der Waals surface area contributed by atoms with E-state index in [2.05, 4.69) is 34.8 Å². The minimum Gasteiger partial charge on any atom is -0.383 e. The topological polar surface area (TPSA) is 43.8 Å². The molecule has 2 aromatic rings. The van der Waals surface area contributed by atoms with Crippen LogP contribution in [0.2, 0.25) is 5.02 Å². The fourth-order valence-electron chi connectivity index (χ4n) is 1.82. The largest absolute Gasteiger partial charge is 0.383 e. The molecule has 0 spiro atoms. The van der Waals surface area contributed by atoms with Gasteiger partial charge in [-0.3, -0.25) is 0 Å². The predicted octanol–water partition coefficient (Wildman–Crippen LogP) is 4.20. The molecule has 5 heteroatoms. The van der Waals surface area contributed by atoms with E-state index in [1.54, 1.807) is 6.33 Å². The van der Waals surface area contributed by atoms with Crippen molar-refractivity contribution in [3.8, 4) is 11.3 Å². The van der Waals surface area contributed by atoms with Gasteiger partial charge in [-0.2, -0.15) is 0 Å². The molecule has 0 aliphatic rings. The van der Waals surface area contributed by atoms with Gasteiger partial charge in [0.05, 0.1) is 6.33 Å². The SMILES string of the molecule is CC(C)Cn1cnc(-c2ccc(Cl)cc2Br)c1N. The first-order valence-corrected chi connectivity index (χ1v) is 6.92. The molecule has 0 fully saturated rings. The monoisotopic (exact) mass is 327 g/mol. The van der Waals surface area contributed by atoms with Crippen LogP contribution in [0.5, 0.6) is 0 Å². The van der Waals surface area contributed by atoms with E-state index in [0.717, 1.165) is 22.3 Å². The molecule has 1 aromatic carbocycles. The lowest BCUT2D eigenvalue weighted by atomic mass is 10.1. The zero-order chi connectivity index (χ0) is 13.3. The van der Waals surface area contributed by atoms with Crippen molar-refractivity contribution in [2.45, 2.75) is 20.4 Å². The summed E-state index contributed by atoms with van der Waals surface area (Å²) in [6.45, 7) is 5.17. The van der Waals surface area contributed by atoms with Crippen molar-refractivity contribution in [3.63, 3.8) is 0 Å². The van der Waals surface area contributed by atoms with Gasteiger partial charge in [-0.1, -0.05) is 47.4 Å². The van der Waals surface area contributed by atoms with Crippen LogP contribution in [0.3, 0.4) is 0 Å². The third-order valence-electron chi connectivity index (χ3n) is 2.63. The van der Waals surface area contributed by atoms with Crippen LogP contribution in [-0.2, 0) is 6.54 Å². The Morgan fingerprint density at radius 2 is 2.17 bits per heavy atom. The Bertz CT molecular complexity index is 563. The van der Waals surface area contributed by atoms with Crippen molar-refractivity contribution in [1.29, 1.82) is 0 Å². The van der Waals surface area contributed by atoms with Crippen molar-refractivity contribution in [3.05, 3.63) is 34.0 Å². The number of aromatic nitrogens is 2. The second-order valence-corrected chi connectivity index (χ2v) is 5.94. The summed E-state index contributed by atoms with van der Waals surface area (Å²) < 4.78 is 2.87. The second-order valence-electron chi connectivity index (χ2n) is 4.65. The first-order valence-electron chi connectivity index (χ1n) is 5.75. The summed E-state index contributed by atoms with van der Waals surface area (Å²) in [4.78, 5) is 4.39. The molecule has 96 valence electrons. The van der Waals surface area contributed by atoms with Gasteiger partial charge in [-0.15, -0.1) is 0 Å². The fraction of sp³-hybridized carbons (Fsp3) is 0.308. The first-order chi connectivity index (χ1) is 8.49. The summed E-state index contributed by atoms with van der Waals surface area (Å²) in [7, 11) is 0. The van der Waals surface area contributed by atoms with Crippen molar-refractivity contribution in [2.75, 3.05) is 5.73 Å². The Kier molecular flexibility index (Phi) is 3.97. The summed E-state index contributed by atoms with van der Waals surface area (Å²) in [5, 5.41) is 0.686. The number of nitrogens with zero attached hydrogens (tertiary/aromatic N) is 2. The smallest absolute Gasteiger partial charge is 0.131 e. The minimum atomic E-state index is 0.531. The minimum absolute atomic E-state index is 0.531. The van der Waals surface area contributed by atoms with Crippen LogP contribution in [0, 0.1) is 5.92 Å². The van der Waals surface area contributed by atoms with Crippen molar-refractivity contribution >= 4 is 33.3 Å². The van der Waals surface area contributed by atoms with Gasteiger partial charge in [0.25, 0.3) is 0 Å². The van der Waals surface area contributed by atoms with Gasteiger partial charge in [0.15, 0.2) is 0 Å². The number of nitrogen functional groups attached to an aromatic ring is 1. The fourth-order valence-corrected chi connectivity index (χ4v) is 2.69. The summed E-state index contributed by atoms with van der Waals surface area (Å²) >= 11 is 9.42. The van der Waals surface area contributed by atoms with Crippen LogP contribution in [-0.4, -0.2) is 9.55 Å². The second kappa shape index (κ2) is 5.33. The van der Waals surface area contributed by atoms with E-state index >= 15 is 0 Å². The van der Waals surface area contributed by atoms with E-state index in [0.29, 0.717) is 16.8 Å². The lowest BCUT2D eigenvalue weighted by molar-refractivity contribution is 0.527. The average molecular weight is 329 g/mol. The Labute approximate surface area is 120 Å². The number of imidazole rings is 1. The molecular formula is C13H15BrClN3. The molecule has 0 saturated heterocycles. The van der Waals surface area contributed by atoms with Crippen LogP contribution >= 0.6 is 27.5 Å². The highest BCUT2D eigenvalue weighted by atomic mass is 79.9. The highest BCUT2D eigenvalue weighted by Crippen LogP contribution is 2.33. The summed E-state index contributed by atoms with van der Waals surface area (Å²) in [6, 6.07) is 5.60. The highest BCUT2D eigenvalue weighted by Gasteiger charge is 2.13. The number of halogens is 2. The summed E-state index contributed by atoms with van der Waals surface area (Å²) in [5.41, 5.74) is 7.89. The zero-order valence-corrected chi connectivity index (χ0v) is 12.7. The molecule has 0 saturated carbocycles. The van der Waals surface area contributed by atoms with E-state index in [1.807, 2.05) is 22.8 Å². The van der Waals surface area contributed by atoms with Gasteiger partial charge in [0, 0.05) is 21.6 Å². The summed E-state index contributed by atoms with van der Waals surface area (Å²) in [6.07, 6.45) is 1.78. The Hall–Kier alpha value is -1.00. The lowest BCUT2D eigenvalue weighted by Gasteiger charge is -2.09. The molecule has 0 bridgehead atoms. The molecular weight excluding hydrogens is 314 g/mol. The third kappa shape index (κ3) is 2.70. The quantitative estimate of drug-likeness (QED) is 0.917. The highest BCUT2D eigenvalue weighted by molar-refractivity contribution is 9.10. The molecule has 0 amide bonds. The van der Waals surface area contributed by atoms with Crippen molar-refractivity contribution in [1.82, 2.24) is 9.55 Å². The number of hydrogen-bond donors (Lipinski definition) is 1. The Balaban J connectivity index is 2.42. The van der Waals surface area contributed by atoms with Crippen LogP contribution in [0.15, 0.2) is 29.0 Å². The van der Waals surface area contributed by atoms with Gasteiger partial charge in [-0.25, -0.2) is 4.98 Å². The Morgan fingerprint density at radius 1 is 1.44 bits per heavy atom. The van der Waals surface area contributed by atoms with Crippen molar-refractivity contribution in [2.24, 2.45) is 5.92 Å². The molecule has 2 N–H and O–H groups in total. The van der Waals surface area contributed by atoms with E-state index in [4.69, 9.17) is 17.3 Å². The Morgan fingerprint density at radius 3 is 2.78 bits per heavy atom. The van der Waals surface area contributed by atoms with E-state index in [-0.39, 0.29) is 0 Å². The number of nitrogens with two attached hydrogens (primary N) is 1. The number of anilines is 1. The normalized spacial score (nSPS) is 11.2. The molecule has 18 heavy (non-hydrogen) atoms. The maximum atomic E-state index is 6.14. The molecule has 0 atom stereocenters. The number of benzene rings is 1. The number of rotatable bonds is 3. The maximum absolute atomic E-state index is 6.14. The van der Waals surface area contributed by atoms with Gasteiger partial charge < -0.3 is 10.3 Å². The predicted molar refractivity (Wildman–Crippen MR) is 79.6 cm³/mol. The molecule has 0 unspecified atom stereocenters. The van der Waals surface area contributed by atoms with Gasteiger partial charge in [0.1, 0.15) is 11.5 Å². The van der Waals surface area contributed by atoms with Crippen molar-refractivity contribution < 1.29 is 0 Å². The molecule has 3 nitrogen and oxygen atoms in total. The molecule has 1 aromatic heterocycles. The van der Waals surface area contributed by atoms with Crippen LogP contribution < -0.4 is 5.73 Å².